The summed E-state index contributed by atoms with van der Waals surface area (Å²) in [6, 6.07) is 3.64. The quantitative estimate of drug-likeness (QED) is 0.883. The normalized spacial score (nSPS) is 23.1. The maximum atomic E-state index is 12.0. The van der Waals surface area contributed by atoms with Gasteiger partial charge in [0.2, 0.25) is 0 Å². The Labute approximate surface area is 112 Å². The number of amides is 1. The molecule has 5 nitrogen and oxygen atoms in total. The van der Waals surface area contributed by atoms with Gasteiger partial charge in [-0.05, 0) is 25.0 Å². The minimum absolute atomic E-state index is 0.0394. The summed E-state index contributed by atoms with van der Waals surface area (Å²) < 4.78 is 10.8. The molecular formula is C14H18N2O3. The summed E-state index contributed by atoms with van der Waals surface area (Å²) >= 11 is 0. The molecule has 2 heterocycles. The van der Waals surface area contributed by atoms with E-state index in [1.807, 2.05) is 6.07 Å². The van der Waals surface area contributed by atoms with Crippen molar-refractivity contribution >= 4 is 5.91 Å². The molecule has 0 spiro atoms. The Morgan fingerprint density at radius 3 is 3.05 bits per heavy atom. The summed E-state index contributed by atoms with van der Waals surface area (Å²) in [6.45, 7) is 2.27. The van der Waals surface area contributed by atoms with Gasteiger partial charge in [0.15, 0.2) is 0 Å². The van der Waals surface area contributed by atoms with E-state index in [1.165, 1.54) is 12.8 Å². The standard InChI is InChI=1S/C14H18N2O3/c17-14(16-8-12-9-18-5-6-19-12)11-3-4-15-13(7-11)10-1-2-10/h3-4,7,10,12H,1-2,5-6,8-9H2,(H,16,17). The fourth-order valence-corrected chi connectivity index (χ4v) is 2.15. The van der Waals surface area contributed by atoms with Gasteiger partial charge in [0.25, 0.3) is 5.91 Å². The van der Waals surface area contributed by atoms with Gasteiger partial charge in [-0.2, -0.15) is 0 Å². The second kappa shape index (κ2) is 5.67. The molecule has 3 rings (SSSR count). The van der Waals surface area contributed by atoms with Crippen LogP contribution in [0.3, 0.4) is 0 Å². The summed E-state index contributed by atoms with van der Waals surface area (Å²) in [7, 11) is 0. The molecule has 19 heavy (non-hydrogen) atoms. The Hall–Kier alpha value is -1.46. The lowest BCUT2D eigenvalue weighted by Gasteiger charge is -2.23. The van der Waals surface area contributed by atoms with Crippen LogP contribution in [0.5, 0.6) is 0 Å². The van der Waals surface area contributed by atoms with Gasteiger partial charge < -0.3 is 14.8 Å². The topological polar surface area (TPSA) is 60.5 Å². The molecule has 0 bridgehead atoms. The molecule has 5 heteroatoms. The summed E-state index contributed by atoms with van der Waals surface area (Å²) in [5.74, 6) is 0.487. The Balaban J connectivity index is 1.55. The number of nitrogens with one attached hydrogen (secondary N) is 1. The Morgan fingerprint density at radius 2 is 2.32 bits per heavy atom. The van der Waals surface area contributed by atoms with Crippen LogP contribution in [0, 0.1) is 0 Å². The second-order valence-electron chi connectivity index (χ2n) is 5.02. The van der Waals surface area contributed by atoms with E-state index in [1.54, 1.807) is 12.3 Å². The number of ether oxygens (including phenoxy) is 2. The molecule has 1 aliphatic heterocycles. The van der Waals surface area contributed by atoms with Crippen LogP contribution in [0.15, 0.2) is 18.3 Å². The van der Waals surface area contributed by atoms with Crippen LogP contribution >= 0.6 is 0 Å². The molecule has 102 valence electrons. The molecule has 1 saturated carbocycles. The van der Waals surface area contributed by atoms with E-state index >= 15 is 0 Å². The molecule has 1 amide bonds. The van der Waals surface area contributed by atoms with E-state index in [2.05, 4.69) is 10.3 Å². The van der Waals surface area contributed by atoms with E-state index in [4.69, 9.17) is 9.47 Å². The van der Waals surface area contributed by atoms with Crippen molar-refractivity contribution in [2.45, 2.75) is 24.9 Å². The van der Waals surface area contributed by atoms with Gasteiger partial charge in [-0.3, -0.25) is 9.78 Å². The highest BCUT2D eigenvalue weighted by molar-refractivity contribution is 5.94. The van der Waals surface area contributed by atoms with Crippen molar-refractivity contribution in [1.29, 1.82) is 0 Å². The lowest BCUT2D eigenvalue weighted by molar-refractivity contribution is -0.0855. The molecule has 1 atom stereocenters. The van der Waals surface area contributed by atoms with Gasteiger partial charge >= 0.3 is 0 Å². The second-order valence-corrected chi connectivity index (χ2v) is 5.02. The molecule has 1 N–H and O–H groups in total. The maximum absolute atomic E-state index is 12.0. The molecule has 2 aliphatic rings. The van der Waals surface area contributed by atoms with Crippen LogP contribution in [0.25, 0.3) is 0 Å². The molecule has 1 aromatic rings. The summed E-state index contributed by atoms with van der Waals surface area (Å²) in [6.07, 6.45) is 4.04. The number of carbonyl (C=O) groups is 1. The zero-order valence-corrected chi connectivity index (χ0v) is 10.8. The average molecular weight is 262 g/mol. The molecule has 1 aliphatic carbocycles. The zero-order valence-electron chi connectivity index (χ0n) is 10.8. The van der Waals surface area contributed by atoms with Crippen LogP contribution < -0.4 is 5.32 Å². The smallest absolute Gasteiger partial charge is 0.251 e. The highest BCUT2D eigenvalue weighted by atomic mass is 16.6. The van der Waals surface area contributed by atoms with Gasteiger partial charge in [0, 0.05) is 29.9 Å². The van der Waals surface area contributed by atoms with Crippen LogP contribution in [0.4, 0.5) is 0 Å². The maximum Gasteiger partial charge on any atom is 0.251 e. The van der Waals surface area contributed by atoms with Crippen LogP contribution in [-0.2, 0) is 9.47 Å². The van der Waals surface area contributed by atoms with Crippen molar-refractivity contribution in [3.05, 3.63) is 29.6 Å². The van der Waals surface area contributed by atoms with Gasteiger partial charge in [-0.25, -0.2) is 0 Å². The summed E-state index contributed by atoms with van der Waals surface area (Å²) in [5, 5.41) is 2.88. The lowest BCUT2D eigenvalue weighted by atomic mass is 10.1. The van der Waals surface area contributed by atoms with E-state index in [9.17, 15) is 4.79 Å². The number of rotatable bonds is 4. The first kappa shape index (κ1) is 12.6. The van der Waals surface area contributed by atoms with Gasteiger partial charge in [0.05, 0.1) is 25.9 Å². The third-order valence-electron chi connectivity index (χ3n) is 3.41. The summed E-state index contributed by atoms with van der Waals surface area (Å²) in [5.41, 5.74) is 1.71. The molecular weight excluding hydrogens is 244 g/mol. The van der Waals surface area contributed by atoms with Crippen molar-refractivity contribution in [2.24, 2.45) is 0 Å². The third-order valence-corrected chi connectivity index (χ3v) is 3.41. The highest BCUT2D eigenvalue weighted by Gasteiger charge is 2.25. The first-order valence-electron chi connectivity index (χ1n) is 6.76. The number of nitrogens with zero attached hydrogens (tertiary/aromatic N) is 1. The SMILES string of the molecule is O=C(NCC1COCCO1)c1ccnc(C2CC2)c1. The van der Waals surface area contributed by atoms with Crippen molar-refractivity contribution in [2.75, 3.05) is 26.4 Å². The average Bonchev–Trinajstić information content (AvgIpc) is 3.31. The van der Waals surface area contributed by atoms with E-state index < -0.39 is 0 Å². The van der Waals surface area contributed by atoms with Crippen molar-refractivity contribution in [3.8, 4) is 0 Å². The predicted molar refractivity (Wildman–Crippen MR) is 69.1 cm³/mol. The van der Waals surface area contributed by atoms with E-state index in [0.717, 1.165) is 5.69 Å². The predicted octanol–water partition coefficient (Wildman–Crippen LogP) is 1.10. The number of carbonyl (C=O) groups excluding carboxylic acids is 1. The van der Waals surface area contributed by atoms with E-state index in [-0.39, 0.29) is 12.0 Å². The van der Waals surface area contributed by atoms with Crippen LogP contribution in [0.2, 0.25) is 0 Å². The molecule has 1 saturated heterocycles. The first-order chi connectivity index (χ1) is 9.33. The molecule has 1 unspecified atom stereocenters. The number of aromatic nitrogens is 1. The van der Waals surface area contributed by atoms with E-state index in [0.29, 0.717) is 37.8 Å². The van der Waals surface area contributed by atoms with Gasteiger partial charge in [0.1, 0.15) is 0 Å². The highest BCUT2D eigenvalue weighted by Crippen LogP contribution is 2.38. The van der Waals surface area contributed by atoms with Crippen molar-refractivity contribution < 1.29 is 14.3 Å². The molecule has 0 radical (unpaired) electrons. The monoisotopic (exact) mass is 262 g/mol. The minimum Gasteiger partial charge on any atom is -0.376 e. The van der Waals surface area contributed by atoms with Crippen molar-refractivity contribution in [1.82, 2.24) is 10.3 Å². The van der Waals surface area contributed by atoms with Gasteiger partial charge in [-0.15, -0.1) is 0 Å². The molecule has 1 aromatic heterocycles. The number of pyridine rings is 1. The van der Waals surface area contributed by atoms with Gasteiger partial charge in [-0.1, -0.05) is 0 Å². The lowest BCUT2D eigenvalue weighted by Crippen LogP contribution is -2.39. The van der Waals surface area contributed by atoms with Crippen LogP contribution in [0.1, 0.15) is 34.8 Å². The van der Waals surface area contributed by atoms with Crippen molar-refractivity contribution in [3.63, 3.8) is 0 Å². The fraction of sp³-hybridized carbons (Fsp3) is 0.571. The zero-order chi connectivity index (χ0) is 13.1. The third kappa shape index (κ3) is 3.30. The number of hydrogen-bond acceptors (Lipinski definition) is 4. The summed E-state index contributed by atoms with van der Waals surface area (Å²) in [4.78, 5) is 16.4. The molecule has 2 fully saturated rings. The first-order valence-corrected chi connectivity index (χ1v) is 6.76. The Morgan fingerprint density at radius 1 is 1.42 bits per heavy atom. The Kier molecular flexibility index (Phi) is 3.75. The largest absolute Gasteiger partial charge is 0.376 e. The Bertz CT molecular complexity index is 454. The minimum atomic E-state index is -0.0709. The number of hydrogen-bond donors (Lipinski definition) is 1. The van der Waals surface area contributed by atoms with Crippen LogP contribution in [-0.4, -0.2) is 43.4 Å². The fourth-order valence-electron chi connectivity index (χ4n) is 2.15. The molecule has 0 aromatic carbocycles.